The van der Waals surface area contributed by atoms with Crippen molar-refractivity contribution in [3.63, 3.8) is 0 Å². The molecule has 0 saturated carbocycles. The lowest BCUT2D eigenvalue weighted by Crippen LogP contribution is -2.19. The van der Waals surface area contributed by atoms with Gasteiger partial charge in [-0.25, -0.2) is 4.98 Å². The highest BCUT2D eigenvalue weighted by molar-refractivity contribution is 5.10. The Hall–Kier alpha value is -0.830. The molecule has 3 heteroatoms. The van der Waals surface area contributed by atoms with E-state index in [1.807, 2.05) is 6.20 Å². The summed E-state index contributed by atoms with van der Waals surface area (Å²) in [5, 5.41) is 0. The van der Waals surface area contributed by atoms with Crippen LogP contribution in [0, 0.1) is 5.92 Å². The van der Waals surface area contributed by atoms with E-state index in [1.165, 1.54) is 12.1 Å². The second-order valence-corrected chi connectivity index (χ2v) is 5.98. The molecule has 1 heterocycles. The molecule has 0 atom stereocenters. The van der Waals surface area contributed by atoms with Crippen LogP contribution >= 0.6 is 0 Å². The molecule has 0 aliphatic rings. The Labute approximate surface area is 105 Å². The number of H-pyrrole nitrogens is 1. The Morgan fingerprint density at radius 2 is 2.06 bits per heavy atom. The van der Waals surface area contributed by atoms with E-state index in [0.717, 1.165) is 31.6 Å². The molecule has 1 rings (SSSR count). The largest absolute Gasteiger partial charge is 0.345 e. The molecule has 0 aliphatic heterocycles. The van der Waals surface area contributed by atoms with Gasteiger partial charge in [-0.2, -0.15) is 0 Å². The predicted octanol–water partition coefficient (Wildman–Crippen LogP) is 3.01. The molecule has 0 aliphatic carbocycles. The normalized spacial score (nSPS) is 12.4. The van der Waals surface area contributed by atoms with E-state index in [9.17, 15) is 0 Å². The van der Waals surface area contributed by atoms with Gasteiger partial charge in [0.05, 0.1) is 0 Å². The summed E-state index contributed by atoms with van der Waals surface area (Å²) in [6, 6.07) is 0. The Bertz CT molecular complexity index is 326. The van der Waals surface area contributed by atoms with Gasteiger partial charge in [0.15, 0.2) is 0 Å². The molecular formula is C14H27N3. The van der Waals surface area contributed by atoms with Crippen molar-refractivity contribution >= 4 is 0 Å². The second-order valence-electron chi connectivity index (χ2n) is 5.98. The van der Waals surface area contributed by atoms with Gasteiger partial charge in [-0.1, -0.05) is 34.1 Å². The van der Waals surface area contributed by atoms with E-state index in [4.69, 9.17) is 5.73 Å². The molecule has 17 heavy (non-hydrogen) atoms. The van der Waals surface area contributed by atoms with Crippen LogP contribution in [-0.2, 0) is 11.8 Å². The van der Waals surface area contributed by atoms with E-state index < -0.39 is 0 Å². The predicted molar refractivity (Wildman–Crippen MR) is 73.1 cm³/mol. The van der Waals surface area contributed by atoms with Crippen molar-refractivity contribution in [1.29, 1.82) is 0 Å². The summed E-state index contributed by atoms with van der Waals surface area (Å²) in [6.07, 6.45) is 6.47. The summed E-state index contributed by atoms with van der Waals surface area (Å²) in [6.45, 7) is 9.75. The fourth-order valence-electron chi connectivity index (χ4n) is 2.08. The van der Waals surface area contributed by atoms with Crippen molar-refractivity contribution in [3.05, 3.63) is 17.7 Å². The number of nitrogens with two attached hydrogens (primary N) is 1. The van der Waals surface area contributed by atoms with Crippen LogP contribution in [0.25, 0.3) is 0 Å². The highest BCUT2D eigenvalue weighted by Crippen LogP contribution is 2.26. The molecule has 3 N–H and O–H groups in total. The zero-order valence-electron chi connectivity index (χ0n) is 11.7. The second kappa shape index (κ2) is 6.20. The van der Waals surface area contributed by atoms with Crippen molar-refractivity contribution in [2.45, 2.75) is 58.8 Å². The highest BCUT2D eigenvalue weighted by Gasteiger charge is 2.23. The molecule has 1 aromatic rings. The minimum Gasteiger partial charge on any atom is -0.345 e. The summed E-state index contributed by atoms with van der Waals surface area (Å²) < 4.78 is 0. The first-order valence-electron chi connectivity index (χ1n) is 6.70. The molecule has 1 aromatic heterocycles. The molecule has 0 radical (unpaired) electrons. The van der Waals surface area contributed by atoms with Crippen molar-refractivity contribution in [1.82, 2.24) is 9.97 Å². The van der Waals surface area contributed by atoms with Crippen LogP contribution in [0.1, 0.15) is 58.5 Å². The monoisotopic (exact) mass is 237 g/mol. The van der Waals surface area contributed by atoms with Crippen LogP contribution in [0.15, 0.2) is 6.20 Å². The Morgan fingerprint density at radius 1 is 1.35 bits per heavy atom. The smallest absolute Gasteiger partial charge is 0.111 e. The van der Waals surface area contributed by atoms with Gasteiger partial charge >= 0.3 is 0 Å². The average Bonchev–Trinajstić information content (AvgIpc) is 2.66. The number of unbranched alkanes of at least 4 members (excludes halogenated alkanes) is 1. The van der Waals surface area contributed by atoms with Crippen molar-refractivity contribution in [2.75, 3.05) is 6.54 Å². The fraction of sp³-hybridized carbons (Fsp3) is 0.786. The zero-order valence-corrected chi connectivity index (χ0v) is 11.7. The number of aromatic amines is 1. The van der Waals surface area contributed by atoms with E-state index in [0.29, 0.717) is 5.92 Å². The SMILES string of the molecule is CC(C)Cc1cnc(C(C)(C)CCCCN)[nH]1. The van der Waals surface area contributed by atoms with E-state index in [1.54, 1.807) is 0 Å². The third-order valence-corrected chi connectivity index (χ3v) is 3.15. The Kier molecular flexibility index (Phi) is 5.19. The van der Waals surface area contributed by atoms with Gasteiger partial charge in [0.25, 0.3) is 0 Å². The third-order valence-electron chi connectivity index (χ3n) is 3.15. The average molecular weight is 237 g/mol. The molecule has 0 aromatic carbocycles. The number of rotatable bonds is 7. The van der Waals surface area contributed by atoms with Crippen LogP contribution in [0.4, 0.5) is 0 Å². The molecule has 0 spiro atoms. The van der Waals surface area contributed by atoms with Crippen LogP contribution in [0.2, 0.25) is 0 Å². The van der Waals surface area contributed by atoms with Crippen LogP contribution < -0.4 is 5.73 Å². The molecule has 0 fully saturated rings. The lowest BCUT2D eigenvalue weighted by atomic mass is 9.86. The maximum Gasteiger partial charge on any atom is 0.111 e. The lowest BCUT2D eigenvalue weighted by Gasteiger charge is -2.21. The molecule has 0 bridgehead atoms. The van der Waals surface area contributed by atoms with Crippen LogP contribution in [0.5, 0.6) is 0 Å². The number of hydrogen-bond donors (Lipinski definition) is 2. The number of nitrogens with one attached hydrogen (secondary N) is 1. The van der Waals surface area contributed by atoms with Crippen LogP contribution in [-0.4, -0.2) is 16.5 Å². The van der Waals surface area contributed by atoms with Crippen molar-refractivity contribution < 1.29 is 0 Å². The molecular weight excluding hydrogens is 210 g/mol. The topological polar surface area (TPSA) is 54.7 Å². The highest BCUT2D eigenvalue weighted by atomic mass is 14.9. The molecule has 0 saturated heterocycles. The van der Waals surface area contributed by atoms with Gasteiger partial charge in [-0.3, -0.25) is 0 Å². The van der Waals surface area contributed by atoms with Gasteiger partial charge in [0, 0.05) is 17.3 Å². The lowest BCUT2D eigenvalue weighted by molar-refractivity contribution is 0.431. The van der Waals surface area contributed by atoms with Gasteiger partial charge in [-0.15, -0.1) is 0 Å². The number of nitrogens with zero attached hydrogens (tertiary/aromatic N) is 1. The summed E-state index contributed by atoms with van der Waals surface area (Å²) in [4.78, 5) is 8.00. The quantitative estimate of drug-likeness (QED) is 0.716. The summed E-state index contributed by atoms with van der Waals surface area (Å²) >= 11 is 0. The minimum atomic E-state index is 0.129. The summed E-state index contributed by atoms with van der Waals surface area (Å²) in [5.74, 6) is 1.79. The van der Waals surface area contributed by atoms with Gasteiger partial charge in [-0.05, 0) is 31.7 Å². The number of imidazole rings is 1. The van der Waals surface area contributed by atoms with Gasteiger partial charge < -0.3 is 10.7 Å². The molecule has 3 nitrogen and oxygen atoms in total. The Balaban J connectivity index is 2.60. The van der Waals surface area contributed by atoms with Gasteiger partial charge in [0.1, 0.15) is 5.82 Å². The first-order chi connectivity index (χ1) is 7.95. The first-order valence-corrected chi connectivity index (χ1v) is 6.70. The third kappa shape index (κ3) is 4.50. The maximum absolute atomic E-state index is 5.53. The molecule has 0 unspecified atom stereocenters. The summed E-state index contributed by atoms with van der Waals surface area (Å²) in [7, 11) is 0. The number of aromatic nitrogens is 2. The number of hydrogen-bond acceptors (Lipinski definition) is 2. The summed E-state index contributed by atoms with van der Waals surface area (Å²) in [5.41, 5.74) is 6.91. The minimum absolute atomic E-state index is 0.129. The van der Waals surface area contributed by atoms with Crippen molar-refractivity contribution in [3.8, 4) is 0 Å². The first kappa shape index (κ1) is 14.2. The van der Waals surface area contributed by atoms with Crippen molar-refractivity contribution in [2.24, 2.45) is 11.7 Å². The maximum atomic E-state index is 5.53. The van der Waals surface area contributed by atoms with E-state index >= 15 is 0 Å². The zero-order chi connectivity index (χ0) is 12.9. The van der Waals surface area contributed by atoms with E-state index in [-0.39, 0.29) is 5.41 Å². The van der Waals surface area contributed by atoms with E-state index in [2.05, 4.69) is 37.7 Å². The fourth-order valence-corrected chi connectivity index (χ4v) is 2.08. The molecule has 98 valence electrons. The van der Waals surface area contributed by atoms with Crippen LogP contribution in [0.3, 0.4) is 0 Å². The Morgan fingerprint density at radius 3 is 2.65 bits per heavy atom. The standard InChI is InChI=1S/C14H27N3/c1-11(2)9-12-10-16-13(17-12)14(3,4)7-5-6-8-15/h10-11H,5-9,15H2,1-4H3,(H,16,17). The van der Waals surface area contributed by atoms with Gasteiger partial charge in [0.2, 0.25) is 0 Å². The molecule has 0 amide bonds.